The first-order valence-corrected chi connectivity index (χ1v) is 7.95. The average Bonchev–Trinajstić information content (AvgIpc) is 2.40. The molecule has 2 unspecified atom stereocenters. The lowest BCUT2D eigenvalue weighted by atomic mass is 9.99. The van der Waals surface area contributed by atoms with Crippen LogP contribution in [0.5, 0.6) is 0 Å². The highest BCUT2D eigenvalue weighted by Crippen LogP contribution is 2.37. The van der Waals surface area contributed by atoms with Crippen molar-refractivity contribution in [1.82, 2.24) is 5.32 Å². The Hall–Kier alpha value is -0.250. The van der Waals surface area contributed by atoms with E-state index in [0.29, 0.717) is 10.3 Å². The Labute approximate surface area is 117 Å². The predicted molar refractivity (Wildman–Crippen MR) is 77.9 cm³/mol. The molecule has 1 nitrogen and oxygen atoms in total. The number of thioether (sulfide) groups is 1. The van der Waals surface area contributed by atoms with Gasteiger partial charge in [0.25, 0.3) is 0 Å². The highest BCUT2D eigenvalue weighted by molar-refractivity contribution is 8.00. The number of hydrogen-bond acceptors (Lipinski definition) is 2. The van der Waals surface area contributed by atoms with Gasteiger partial charge >= 0.3 is 0 Å². The summed E-state index contributed by atoms with van der Waals surface area (Å²) in [5.74, 6) is 0.984. The minimum atomic E-state index is -0.210. The molecule has 1 aliphatic heterocycles. The Morgan fingerprint density at radius 1 is 1.50 bits per heavy atom. The van der Waals surface area contributed by atoms with Gasteiger partial charge in [-0.15, -0.1) is 0 Å². The molecule has 1 heterocycles. The van der Waals surface area contributed by atoms with Crippen LogP contribution in [0.15, 0.2) is 18.2 Å². The van der Waals surface area contributed by atoms with Gasteiger partial charge in [0.2, 0.25) is 0 Å². The van der Waals surface area contributed by atoms with Gasteiger partial charge in [-0.2, -0.15) is 11.8 Å². The lowest BCUT2D eigenvalue weighted by molar-refractivity contribution is 0.488. The van der Waals surface area contributed by atoms with Gasteiger partial charge in [-0.25, -0.2) is 4.39 Å². The Kier molecular flexibility index (Phi) is 5.34. The van der Waals surface area contributed by atoms with Gasteiger partial charge in [0, 0.05) is 16.3 Å². The van der Waals surface area contributed by atoms with Crippen LogP contribution in [0.25, 0.3) is 0 Å². The number of rotatable bonds is 4. The summed E-state index contributed by atoms with van der Waals surface area (Å²) >= 11 is 8.21. The minimum Gasteiger partial charge on any atom is -0.309 e. The van der Waals surface area contributed by atoms with E-state index < -0.39 is 0 Å². The van der Waals surface area contributed by atoms with E-state index in [-0.39, 0.29) is 11.9 Å². The second kappa shape index (κ2) is 6.78. The molecule has 100 valence electrons. The molecule has 2 atom stereocenters. The zero-order chi connectivity index (χ0) is 13.0. The van der Waals surface area contributed by atoms with Crippen LogP contribution in [0.4, 0.5) is 4.39 Å². The van der Waals surface area contributed by atoms with Crippen molar-refractivity contribution in [2.45, 2.75) is 37.5 Å². The Balaban J connectivity index is 2.24. The average molecular weight is 288 g/mol. The third-order valence-electron chi connectivity index (χ3n) is 3.30. The standard InChI is InChI=1S/C14H19ClFNS/c1-2-17-14(13-5-3-4-8-18-13)11-9-10(16)6-7-12(11)15/h6-7,9,13-14,17H,2-5,8H2,1H3. The van der Waals surface area contributed by atoms with Gasteiger partial charge in [-0.1, -0.05) is 24.9 Å². The molecule has 1 aromatic carbocycles. The Morgan fingerprint density at radius 2 is 2.33 bits per heavy atom. The van der Waals surface area contributed by atoms with Crippen molar-refractivity contribution in [3.63, 3.8) is 0 Å². The molecule has 0 aromatic heterocycles. The quantitative estimate of drug-likeness (QED) is 0.880. The van der Waals surface area contributed by atoms with E-state index in [4.69, 9.17) is 11.6 Å². The highest BCUT2D eigenvalue weighted by atomic mass is 35.5. The fraction of sp³-hybridized carbons (Fsp3) is 0.571. The normalized spacial score (nSPS) is 21.8. The molecule has 0 amide bonds. The van der Waals surface area contributed by atoms with Crippen LogP contribution in [0, 0.1) is 5.82 Å². The first kappa shape index (κ1) is 14.2. The van der Waals surface area contributed by atoms with Crippen LogP contribution in [0.3, 0.4) is 0 Å². The van der Waals surface area contributed by atoms with E-state index in [1.165, 1.54) is 31.1 Å². The SMILES string of the molecule is CCNC(c1cc(F)ccc1Cl)C1CCCCS1. The van der Waals surface area contributed by atoms with Gasteiger partial charge < -0.3 is 5.32 Å². The highest BCUT2D eigenvalue weighted by Gasteiger charge is 2.26. The Bertz CT molecular complexity index is 393. The molecule has 0 spiro atoms. The van der Waals surface area contributed by atoms with E-state index in [9.17, 15) is 4.39 Å². The van der Waals surface area contributed by atoms with Gasteiger partial charge in [-0.3, -0.25) is 0 Å². The number of nitrogens with one attached hydrogen (secondary N) is 1. The fourth-order valence-electron chi connectivity index (χ4n) is 2.44. The summed E-state index contributed by atoms with van der Waals surface area (Å²) in [4.78, 5) is 0. The maximum absolute atomic E-state index is 13.4. The maximum atomic E-state index is 13.4. The summed E-state index contributed by atoms with van der Waals surface area (Å²) < 4.78 is 13.4. The maximum Gasteiger partial charge on any atom is 0.123 e. The molecule has 18 heavy (non-hydrogen) atoms. The van der Waals surface area contributed by atoms with E-state index >= 15 is 0 Å². The molecule has 0 aliphatic carbocycles. The van der Waals surface area contributed by atoms with Crippen LogP contribution in [0.1, 0.15) is 37.8 Å². The zero-order valence-corrected chi connectivity index (χ0v) is 12.2. The minimum absolute atomic E-state index is 0.156. The summed E-state index contributed by atoms with van der Waals surface area (Å²) in [6.07, 6.45) is 3.72. The monoisotopic (exact) mass is 287 g/mol. The Morgan fingerprint density at radius 3 is 3.00 bits per heavy atom. The number of hydrogen-bond donors (Lipinski definition) is 1. The number of halogens is 2. The summed E-state index contributed by atoms with van der Waals surface area (Å²) in [5.41, 5.74) is 0.901. The van der Waals surface area contributed by atoms with Gasteiger partial charge in [0.15, 0.2) is 0 Å². The van der Waals surface area contributed by atoms with Crippen molar-refractivity contribution in [1.29, 1.82) is 0 Å². The van der Waals surface area contributed by atoms with Crippen molar-refractivity contribution in [2.24, 2.45) is 0 Å². The second-order valence-electron chi connectivity index (χ2n) is 4.61. The molecule has 1 fully saturated rings. The summed E-state index contributed by atoms with van der Waals surface area (Å²) in [7, 11) is 0. The summed E-state index contributed by atoms with van der Waals surface area (Å²) in [6.45, 7) is 2.95. The van der Waals surface area contributed by atoms with Crippen molar-refractivity contribution < 1.29 is 4.39 Å². The number of benzene rings is 1. The molecule has 0 bridgehead atoms. The summed E-state index contributed by atoms with van der Waals surface area (Å²) in [6, 6.07) is 4.81. The van der Waals surface area contributed by atoms with Crippen LogP contribution in [-0.4, -0.2) is 17.5 Å². The largest absolute Gasteiger partial charge is 0.309 e. The predicted octanol–water partition coefficient (Wildman–Crippen LogP) is 4.42. The molecule has 2 rings (SSSR count). The van der Waals surface area contributed by atoms with Crippen LogP contribution in [-0.2, 0) is 0 Å². The van der Waals surface area contributed by atoms with E-state index in [1.807, 2.05) is 11.8 Å². The molecule has 4 heteroatoms. The van der Waals surface area contributed by atoms with Crippen molar-refractivity contribution in [3.8, 4) is 0 Å². The lowest BCUT2D eigenvalue weighted by Crippen LogP contribution is -2.32. The van der Waals surface area contributed by atoms with E-state index in [2.05, 4.69) is 12.2 Å². The van der Waals surface area contributed by atoms with Crippen LogP contribution < -0.4 is 5.32 Å². The zero-order valence-electron chi connectivity index (χ0n) is 10.6. The van der Waals surface area contributed by atoms with Crippen LogP contribution in [0.2, 0.25) is 5.02 Å². The molecule has 1 aliphatic rings. The smallest absolute Gasteiger partial charge is 0.123 e. The first-order valence-electron chi connectivity index (χ1n) is 6.52. The summed E-state index contributed by atoms with van der Waals surface area (Å²) in [5, 5.41) is 4.62. The molecule has 1 saturated heterocycles. The van der Waals surface area contributed by atoms with E-state index in [0.717, 1.165) is 12.1 Å². The third kappa shape index (κ3) is 3.40. The van der Waals surface area contributed by atoms with Crippen LogP contribution >= 0.6 is 23.4 Å². The topological polar surface area (TPSA) is 12.0 Å². The van der Waals surface area contributed by atoms with E-state index in [1.54, 1.807) is 12.1 Å². The van der Waals surface area contributed by atoms with Crippen molar-refractivity contribution in [2.75, 3.05) is 12.3 Å². The van der Waals surface area contributed by atoms with Gasteiger partial charge in [-0.05, 0) is 48.9 Å². The molecule has 1 N–H and O–H groups in total. The molecule has 0 saturated carbocycles. The fourth-order valence-corrected chi connectivity index (χ4v) is 4.12. The molecule has 0 radical (unpaired) electrons. The lowest BCUT2D eigenvalue weighted by Gasteiger charge is -2.31. The molecule has 1 aromatic rings. The third-order valence-corrected chi connectivity index (χ3v) is 5.11. The van der Waals surface area contributed by atoms with Gasteiger partial charge in [0.05, 0.1) is 0 Å². The molecular formula is C14H19ClFNS. The first-order chi connectivity index (χ1) is 8.72. The van der Waals surface area contributed by atoms with Crippen molar-refractivity contribution in [3.05, 3.63) is 34.6 Å². The molecular weight excluding hydrogens is 269 g/mol. The second-order valence-corrected chi connectivity index (χ2v) is 6.36. The van der Waals surface area contributed by atoms with Crippen molar-refractivity contribution >= 4 is 23.4 Å². The van der Waals surface area contributed by atoms with Gasteiger partial charge in [0.1, 0.15) is 5.82 Å².